The summed E-state index contributed by atoms with van der Waals surface area (Å²) in [5, 5.41) is 9.54. The van der Waals surface area contributed by atoms with Gasteiger partial charge in [-0.25, -0.2) is 9.37 Å². The molecule has 0 radical (unpaired) electrons. The van der Waals surface area contributed by atoms with Crippen LogP contribution in [0.2, 0.25) is 0 Å². The maximum Gasteiger partial charge on any atom is 0.205 e. The highest BCUT2D eigenvalue weighted by molar-refractivity contribution is 7.71. The molecule has 1 aromatic carbocycles. The van der Waals surface area contributed by atoms with Crippen molar-refractivity contribution in [3.63, 3.8) is 0 Å². The first-order chi connectivity index (χ1) is 12.1. The third-order valence-electron chi connectivity index (χ3n) is 4.24. The van der Waals surface area contributed by atoms with Gasteiger partial charge in [0.15, 0.2) is 5.75 Å². The molecule has 0 unspecified atom stereocenters. The highest BCUT2D eigenvalue weighted by Crippen LogP contribution is 2.39. The van der Waals surface area contributed by atoms with E-state index >= 15 is 0 Å². The van der Waals surface area contributed by atoms with Crippen molar-refractivity contribution < 1.29 is 14.2 Å². The van der Waals surface area contributed by atoms with E-state index in [1.54, 1.807) is 24.4 Å². The molecule has 3 heterocycles. The molecule has 2 N–H and O–H groups in total. The zero-order chi connectivity index (χ0) is 17.6. The topological polar surface area (TPSA) is 71.0 Å². The van der Waals surface area contributed by atoms with Crippen molar-refractivity contribution in [3.8, 4) is 23.0 Å². The molecule has 0 saturated carbocycles. The Bertz CT molecular complexity index is 1050. The minimum Gasteiger partial charge on any atom is -0.438 e. The zero-order valence-electron chi connectivity index (χ0n) is 13.3. The third-order valence-corrected chi connectivity index (χ3v) is 4.58. The van der Waals surface area contributed by atoms with E-state index in [0.29, 0.717) is 50.9 Å². The van der Waals surface area contributed by atoms with Crippen LogP contribution in [0.3, 0.4) is 0 Å². The zero-order valence-corrected chi connectivity index (χ0v) is 14.2. The molecule has 1 aliphatic rings. The Balaban J connectivity index is 1.87. The van der Waals surface area contributed by atoms with E-state index in [-0.39, 0.29) is 6.61 Å². The fourth-order valence-electron chi connectivity index (χ4n) is 2.92. The Kier molecular flexibility index (Phi) is 3.82. The normalized spacial score (nSPS) is 12.3. The standard InChI is InChI=1S/C18H14FN3O2S/c1-9-15-12(10(8-23)7-20-9)6-13-17(24-15)21-16(22-18(13)25)11-4-2-3-5-14(11)19/h2-5,7,23H,6,8H2,1H3,(H,21,22,25). The SMILES string of the molecule is Cc1ncc(CO)c2c1Oc1[nH]c(-c3ccccc3F)nc(=S)c1C2. The maximum absolute atomic E-state index is 14.1. The molecule has 0 spiro atoms. The number of hydrogen-bond donors (Lipinski definition) is 2. The number of aromatic nitrogens is 3. The number of H-pyrrole nitrogens is 1. The average molecular weight is 355 g/mol. The summed E-state index contributed by atoms with van der Waals surface area (Å²) in [7, 11) is 0. The van der Waals surface area contributed by atoms with Crippen LogP contribution in [0.15, 0.2) is 30.5 Å². The Labute approximate surface area is 148 Å². The number of ether oxygens (including phenoxy) is 1. The number of rotatable bonds is 2. The number of nitrogens with one attached hydrogen (secondary N) is 1. The van der Waals surface area contributed by atoms with Gasteiger partial charge in [-0.15, -0.1) is 0 Å². The van der Waals surface area contributed by atoms with Gasteiger partial charge >= 0.3 is 0 Å². The number of aryl methyl sites for hydroxylation is 1. The summed E-state index contributed by atoms with van der Waals surface area (Å²) in [5.74, 6) is 0.951. The predicted octanol–water partition coefficient (Wildman–Crippen LogP) is 3.84. The van der Waals surface area contributed by atoms with Crippen molar-refractivity contribution in [2.75, 3.05) is 0 Å². The molecule has 0 bridgehead atoms. The number of aromatic amines is 1. The number of fused-ring (bicyclic) bond motifs is 2. The van der Waals surface area contributed by atoms with Gasteiger partial charge in [0.1, 0.15) is 16.3 Å². The summed E-state index contributed by atoms with van der Waals surface area (Å²) >= 11 is 5.40. The van der Waals surface area contributed by atoms with Gasteiger partial charge in [-0.05, 0) is 19.1 Å². The molecule has 25 heavy (non-hydrogen) atoms. The number of pyridine rings is 1. The van der Waals surface area contributed by atoms with Crippen LogP contribution >= 0.6 is 12.2 Å². The van der Waals surface area contributed by atoms with Crippen LogP contribution in [0.1, 0.15) is 22.4 Å². The molecule has 5 nitrogen and oxygen atoms in total. The third kappa shape index (κ3) is 2.61. The first-order valence-corrected chi connectivity index (χ1v) is 8.13. The fraction of sp³-hybridized carbons (Fsp3) is 0.167. The predicted molar refractivity (Wildman–Crippen MR) is 92.6 cm³/mol. The van der Waals surface area contributed by atoms with Crippen molar-refractivity contribution in [2.24, 2.45) is 0 Å². The number of nitrogens with zero attached hydrogens (tertiary/aromatic N) is 2. The Hall–Kier alpha value is -2.64. The van der Waals surface area contributed by atoms with Crippen molar-refractivity contribution >= 4 is 12.2 Å². The van der Waals surface area contributed by atoms with Crippen LogP contribution < -0.4 is 4.74 Å². The van der Waals surface area contributed by atoms with Crippen molar-refractivity contribution in [1.29, 1.82) is 0 Å². The Morgan fingerprint density at radius 3 is 2.88 bits per heavy atom. The van der Waals surface area contributed by atoms with Gasteiger partial charge in [-0.2, -0.15) is 0 Å². The van der Waals surface area contributed by atoms with E-state index in [2.05, 4.69) is 15.0 Å². The van der Waals surface area contributed by atoms with Gasteiger partial charge in [0, 0.05) is 23.7 Å². The average Bonchev–Trinajstić information content (AvgIpc) is 2.61. The van der Waals surface area contributed by atoms with Gasteiger partial charge in [0.05, 0.1) is 23.4 Å². The van der Waals surface area contributed by atoms with E-state index in [0.717, 1.165) is 5.56 Å². The molecule has 2 aromatic heterocycles. The second-order valence-electron chi connectivity index (χ2n) is 5.79. The second-order valence-corrected chi connectivity index (χ2v) is 6.18. The monoisotopic (exact) mass is 355 g/mol. The highest BCUT2D eigenvalue weighted by atomic mass is 32.1. The second kappa shape index (κ2) is 6.02. The first kappa shape index (κ1) is 15.9. The number of aliphatic hydroxyl groups excluding tert-OH is 1. The minimum absolute atomic E-state index is 0.133. The van der Waals surface area contributed by atoms with Crippen LogP contribution in [-0.2, 0) is 13.0 Å². The van der Waals surface area contributed by atoms with Crippen LogP contribution in [0.4, 0.5) is 4.39 Å². The number of hydrogen-bond acceptors (Lipinski definition) is 5. The largest absolute Gasteiger partial charge is 0.438 e. The first-order valence-electron chi connectivity index (χ1n) is 7.72. The van der Waals surface area contributed by atoms with Crippen LogP contribution in [0, 0.1) is 17.4 Å². The number of benzene rings is 1. The molecule has 0 fully saturated rings. The molecule has 1 aliphatic heterocycles. The van der Waals surface area contributed by atoms with Crippen molar-refractivity contribution in [3.05, 3.63) is 63.3 Å². The highest BCUT2D eigenvalue weighted by Gasteiger charge is 2.25. The van der Waals surface area contributed by atoms with Gasteiger partial charge in [-0.1, -0.05) is 24.4 Å². The molecule has 7 heteroatoms. The molecule has 0 aliphatic carbocycles. The lowest BCUT2D eigenvalue weighted by atomic mass is 9.99. The van der Waals surface area contributed by atoms with Gasteiger partial charge in [-0.3, -0.25) is 4.98 Å². The van der Waals surface area contributed by atoms with Crippen LogP contribution in [0.5, 0.6) is 11.6 Å². The fourth-order valence-corrected chi connectivity index (χ4v) is 3.18. The number of aliphatic hydroxyl groups is 1. The van der Waals surface area contributed by atoms with E-state index in [4.69, 9.17) is 17.0 Å². The minimum atomic E-state index is -0.391. The van der Waals surface area contributed by atoms with Gasteiger partial charge in [0.2, 0.25) is 5.88 Å². The molecular formula is C18H14FN3O2S. The molecule has 4 rings (SSSR count). The summed E-state index contributed by atoms with van der Waals surface area (Å²) in [5.41, 5.74) is 3.29. The quantitative estimate of drug-likeness (QED) is 0.535. The van der Waals surface area contributed by atoms with E-state index in [1.807, 2.05) is 6.92 Å². The van der Waals surface area contributed by atoms with E-state index in [1.165, 1.54) is 6.07 Å². The lowest BCUT2D eigenvalue weighted by Gasteiger charge is -2.23. The summed E-state index contributed by atoms with van der Waals surface area (Å²) in [4.78, 5) is 11.6. The van der Waals surface area contributed by atoms with Crippen molar-refractivity contribution in [2.45, 2.75) is 20.0 Å². The molecule has 3 aromatic rings. The smallest absolute Gasteiger partial charge is 0.205 e. The van der Waals surface area contributed by atoms with E-state index < -0.39 is 5.82 Å². The van der Waals surface area contributed by atoms with Crippen molar-refractivity contribution in [1.82, 2.24) is 15.0 Å². The van der Waals surface area contributed by atoms with Gasteiger partial charge in [0.25, 0.3) is 0 Å². The summed E-state index contributed by atoms with van der Waals surface area (Å²) in [6.07, 6.45) is 2.11. The van der Waals surface area contributed by atoms with Gasteiger partial charge < -0.3 is 14.8 Å². The van der Waals surface area contributed by atoms with Crippen LogP contribution in [0.25, 0.3) is 11.4 Å². The Morgan fingerprint density at radius 2 is 2.12 bits per heavy atom. The molecule has 126 valence electrons. The molecule has 0 saturated heterocycles. The lowest BCUT2D eigenvalue weighted by molar-refractivity contribution is 0.278. The van der Waals surface area contributed by atoms with Crippen LogP contribution in [-0.4, -0.2) is 20.1 Å². The van der Waals surface area contributed by atoms with E-state index in [9.17, 15) is 9.50 Å². The molecular weight excluding hydrogens is 341 g/mol. The maximum atomic E-state index is 14.1. The summed E-state index contributed by atoms with van der Waals surface area (Å²) in [6, 6.07) is 6.34. The molecule has 0 amide bonds. The lowest BCUT2D eigenvalue weighted by Crippen LogP contribution is -2.12. The summed E-state index contributed by atoms with van der Waals surface area (Å²) in [6.45, 7) is 1.70. The Morgan fingerprint density at radius 1 is 1.32 bits per heavy atom. The molecule has 0 atom stereocenters. The number of halogens is 1. The summed E-state index contributed by atoms with van der Waals surface area (Å²) < 4.78 is 20.4.